The SMILES string of the molecule is C/C=C(\C)OC(C)(Cc1ccc(OCCc2nc(-c3cccs3)oc2C)cc1)C(=O)O. The summed E-state index contributed by atoms with van der Waals surface area (Å²) in [5.74, 6) is 1.73. The molecule has 31 heavy (non-hydrogen) atoms. The number of rotatable bonds is 10. The summed E-state index contributed by atoms with van der Waals surface area (Å²) in [5.41, 5.74) is 0.409. The van der Waals surface area contributed by atoms with Crippen LogP contribution in [-0.2, 0) is 22.4 Å². The van der Waals surface area contributed by atoms with Crippen molar-refractivity contribution in [1.29, 1.82) is 0 Å². The first-order valence-electron chi connectivity index (χ1n) is 10.1. The molecule has 6 nitrogen and oxygen atoms in total. The Morgan fingerprint density at radius 2 is 2.03 bits per heavy atom. The largest absolute Gasteiger partial charge is 0.493 e. The van der Waals surface area contributed by atoms with Crippen molar-refractivity contribution in [3.8, 4) is 16.5 Å². The van der Waals surface area contributed by atoms with Crippen molar-refractivity contribution in [3.63, 3.8) is 0 Å². The Labute approximate surface area is 186 Å². The maximum Gasteiger partial charge on any atom is 0.348 e. The van der Waals surface area contributed by atoms with Crippen LogP contribution in [0, 0.1) is 6.92 Å². The highest BCUT2D eigenvalue weighted by Gasteiger charge is 2.35. The maximum atomic E-state index is 11.7. The molecule has 0 radical (unpaired) electrons. The molecule has 3 aromatic rings. The summed E-state index contributed by atoms with van der Waals surface area (Å²) in [5, 5.41) is 11.6. The van der Waals surface area contributed by atoms with E-state index in [0.29, 0.717) is 30.4 Å². The van der Waals surface area contributed by atoms with Gasteiger partial charge in [-0.3, -0.25) is 0 Å². The number of nitrogens with zero attached hydrogens (tertiary/aromatic N) is 1. The molecule has 0 aliphatic rings. The Morgan fingerprint density at radius 1 is 1.29 bits per heavy atom. The summed E-state index contributed by atoms with van der Waals surface area (Å²) < 4.78 is 17.3. The molecule has 1 unspecified atom stereocenters. The van der Waals surface area contributed by atoms with E-state index < -0.39 is 11.6 Å². The van der Waals surface area contributed by atoms with Crippen LogP contribution in [0.1, 0.15) is 37.8 Å². The predicted octanol–water partition coefficient (Wildman–Crippen LogP) is 5.66. The second-order valence-electron chi connectivity index (χ2n) is 7.46. The number of carboxylic acids is 1. The normalized spacial score (nSPS) is 13.6. The van der Waals surface area contributed by atoms with Gasteiger partial charge in [0.1, 0.15) is 11.5 Å². The van der Waals surface area contributed by atoms with Crippen molar-refractivity contribution in [3.05, 3.63) is 70.6 Å². The second kappa shape index (κ2) is 9.83. The molecule has 0 amide bonds. The topological polar surface area (TPSA) is 81.8 Å². The van der Waals surface area contributed by atoms with Crippen LogP contribution in [0.25, 0.3) is 10.8 Å². The fourth-order valence-corrected chi connectivity index (χ4v) is 3.74. The third kappa shape index (κ3) is 5.76. The van der Waals surface area contributed by atoms with Crippen molar-refractivity contribution >= 4 is 17.3 Å². The Hall–Kier alpha value is -3.06. The Bertz CT molecular complexity index is 1040. The summed E-state index contributed by atoms with van der Waals surface area (Å²) >= 11 is 1.59. The van der Waals surface area contributed by atoms with Gasteiger partial charge in [0.25, 0.3) is 0 Å². The summed E-state index contributed by atoms with van der Waals surface area (Å²) in [6.45, 7) is 7.51. The van der Waals surface area contributed by atoms with Crippen molar-refractivity contribution in [2.45, 2.75) is 46.1 Å². The van der Waals surface area contributed by atoms with Crippen LogP contribution >= 0.6 is 11.3 Å². The summed E-state index contributed by atoms with van der Waals surface area (Å²) in [6, 6.07) is 11.4. The Morgan fingerprint density at radius 3 is 2.65 bits per heavy atom. The lowest BCUT2D eigenvalue weighted by Crippen LogP contribution is -2.40. The van der Waals surface area contributed by atoms with Gasteiger partial charge in [0.15, 0.2) is 0 Å². The van der Waals surface area contributed by atoms with E-state index in [1.807, 2.05) is 55.6 Å². The van der Waals surface area contributed by atoms with Crippen molar-refractivity contribution in [2.75, 3.05) is 6.61 Å². The molecule has 1 atom stereocenters. The van der Waals surface area contributed by atoms with E-state index >= 15 is 0 Å². The third-order valence-electron chi connectivity index (χ3n) is 4.94. The van der Waals surface area contributed by atoms with Gasteiger partial charge in [-0.1, -0.05) is 18.2 Å². The molecule has 0 fully saturated rings. The van der Waals surface area contributed by atoms with Gasteiger partial charge in [-0.05, 0) is 62.9 Å². The summed E-state index contributed by atoms with van der Waals surface area (Å²) in [7, 11) is 0. The lowest BCUT2D eigenvalue weighted by molar-refractivity contribution is -0.158. The number of ether oxygens (including phenoxy) is 2. The molecule has 164 valence electrons. The van der Waals surface area contributed by atoms with Crippen LogP contribution in [0.2, 0.25) is 0 Å². The van der Waals surface area contributed by atoms with Gasteiger partial charge in [-0.2, -0.15) is 0 Å². The zero-order chi connectivity index (χ0) is 22.4. The number of benzene rings is 1. The van der Waals surface area contributed by atoms with E-state index in [4.69, 9.17) is 13.9 Å². The molecule has 1 aromatic carbocycles. The van der Waals surface area contributed by atoms with Crippen molar-refractivity contribution < 1.29 is 23.8 Å². The molecule has 0 aliphatic carbocycles. The summed E-state index contributed by atoms with van der Waals surface area (Å²) in [4.78, 5) is 17.3. The molecule has 0 spiro atoms. The maximum absolute atomic E-state index is 11.7. The van der Waals surface area contributed by atoms with Crippen LogP contribution < -0.4 is 4.74 Å². The number of thiophene rings is 1. The number of hydrogen-bond acceptors (Lipinski definition) is 6. The number of carboxylic acid groups (broad SMARTS) is 1. The van der Waals surface area contributed by atoms with Crippen LogP contribution in [0.15, 0.2) is 58.0 Å². The number of aryl methyl sites for hydroxylation is 1. The second-order valence-corrected chi connectivity index (χ2v) is 8.40. The number of carbonyl (C=O) groups is 1. The highest BCUT2D eigenvalue weighted by Crippen LogP contribution is 2.26. The molecule has 3 rings (SSSR count). The van der Waals surface area contributed by atoms with E-state index in [1.165, 1.54) is 0 Å². The van der Waals surface area contributed by atoms with E-state index in [-0.39, 0.29) is 6.42 Å². The van der Waals surface area contributed by atoms with E-state index in [1.54, 1.807) is 31.3 Å². The van der Waals surface area contributed by atoms with Gasteiger partial charge in [0.05, 0.1) is 22.9 Å². The molecule has 0 bridgehead atoms. The van der Waals surface area contributed by atoms with Crippen LogP contribution in [-0.4, -0.2) is 28.3 Å². The first-order chi connectivity index (χ1) is 14.8. The van der Waals surface area contributed by atoms with Crippen LogP contribution in [0.4, 0.5) is 0 Å². The fourth-order valence-electron chi connectivity index (χ4n) is 3.09. The molecule has 0 saturated heterocycles. The van der Waals surface area contributed by atoms with Gasteiger partial charge in [-0.15, -0.1) is 11.3 Å². The lowest BCUT2D eigenvalue weighted by atomic mass is 9.96. The summed E-state index contributed by atoms with van der Waals surface area (Å²) in [6.07, 6.45) is 2.63. The third-order valence-corrected chi connectivity index (χ3v) is 5.80. The van der Waals surface area contributed by atoms with Gasteiger partial charge < -0.3 is 19.0 Å². The minimum absolute atomic E-state index is 0.247. The Kier molecular flexibility index (Phi) is 7.17. The van der Waals surface area contributed by atoms with Gasteiger partial charge in [-0.25, -0.2) is 9.78 Å². The molecular formula is C24H27NO5S. The molecule has 0 saturated carbocycles. The lowest BCUT2D eigenvalue weighted by Gasteiger charge is -2.27. The molecule has 7 heteroatoms. The quantitative estimate of drug-likeness (QED) is 0.409. The smallest absolute Gasteiger partial charge is 0.348 e. The molecular weight excluding hydrogens is 414 g/mol. The monoisotopic (exact) mass is 441 g/mol. The zero-order valence-corrected chi connectivity index (χ0v) is 19.0. The average Bonchev–Trinajstić information content (AvgIpc) is 3.39. The predicted molar refractivity (Wildman–Crippen MR) is 120 cm³/mol. The Balaban J connectivity index is 1.57. The number of allylic oxidation sites excluding steroid dienone is 2. The fraction of sp³-hybridized carbons (Fsp3) is 0.333. The van der Waals surface area contributed by atoms with E-state index in [2.05, 4.69) is 4.98 Å². The van der Waals surface area contributed by atoms with Gasteiger partial charge in [0, 0.05) is 12.8 Å². The first kappa shape index (κ1) is 22.6. The number of aliphatic carboxylic acids is 1. The van der Waals surface area contributed by atoms with Crippen LogP contribution in [0.3, 0.4) is 0 Å². The molecule has 2 heterocycles. The molecule has 1 N–H and O–H groups in total. The van der Waals surface area contributed by atoms with E-state index in [0.717, 1.165) is 21.9 Å². The number of aromatic nitrogens is 1. The first-order valence-corrected chi connectivity index (χ1v) is 11.0. The van der Waals surface area contributed by atoms with Gasteiger partial charge in [0.2, 0.25) is 11.5 Å². The van der Waals surface area contributed by atoms with Crippen molar-refractivity contribution in [2.24, 2.45) is 0 Å². The number of hydrogen-bond donors (Lipinski definition) is 1. The van der Waals surface area contributed by atoms with E-state index in [9.17, 15) is 9.90 Å². The molecule has 2 aromatic heterocycles. The highest BCUT2D eigenvalue weighted by atomic mass is 32.1. The number of oxazole rings is 1. The van der Waals surface area contributed by atoms with Crippen molar-refractivity contribution in [1.82, 2.24) is 4.98 Å². The van der Waals surface area contributed by atoms with Gasteiger partial charge >= 0.3 is 5.97 Å². The highest BCUT2D eigenvalue weighted by molar-refractivity contribution is 7.13. The standard InChI is InChI=1S/C24H27NO5S/c1-5-16(2)30-24(4,23(26)27)15-18-8-10-19(11-9-18)28-13-12-20-17(3)29-22(25-20)21-7-6-14-31-21/h5-11,14H,12-13,15H2,1-4H3,(H,26,27)/b16-5+. The molecule has 0 aliphatic heterocycles. The van der Waals surface area contributed by atoms with Crippen LogP contribution in [0.5, 0.6) is 5.75 Å². The average molecular weight is 442 g/mol. The minimum atomic E-state index is -1.33. The minimum Gasteiger partial charge on any atom is -0.493 e. The zero-order valence-electron chi connectivity index (χ0n) is 18.2.